The van der Waals surface area contributed by atoms with Crippen LogP contribution in [0.25, 0.3) is 0 Å². The highest BCUT2D eigenvalue weighted by molar-refractivity contribution is 5.25. The summed E-state index contributed by atoms with van der Waals surface area (Å²) in [7, 11) is 0. The largest absolute Gasteiger partial charge is 0.384 e. The van der Waals surface area contributed by atoms with Crippen LogP contribution in [-0.4, -0.2) is 9.97 Å². The minimum atomic E-state index is 0.451. The van der Waals surface area contributed by atoms with Gasteiger partial charge in [0.05, 0.1) is 6.20 Å². The van der Waals surface area contributed by atoms with Gasteiger partial charge < -0.3 is 10.7 Å². The Bertz CT molecular complexity index is 227. The molecule has 62 valence electrons. The Morgan fingerprint density at radius 2 is 2.09 bits per heavy atom. The predicted octanol–water partition coefficient (Wildman–Crippen LogP) is 1.75. The third kappa shape index (κ3) is 1.73. The third-order valence-electron chi connectivity index (χ3n) is 2.05. The quantitative estimate of drug-likeness (QED) is 0.680. The topological polar surface area (TPSA) is 54.7 Å². The molecule has 0 aliphatic heterocycles. The molecular weight excluding hydrogens is 138 g/mol. The monoisotopic (exact) mass is 153 g/mol. The van der Waals surface area contributed by atoms with Crippen molar-refractivity contribution in [2.75, 3.05) is 5.73 Å². The van der Waals surface area contributed by atoms with Gasteiger partial charge in [-0.25, -0.2) is 4.98 Å². The molecule has 0 fully saturated rings. The molecule has 1 heterocycles. The van der Waals surface area contributed by atoms with Crippen LogP contribution in [-0.2, 0) is 0 Å². The summed E-state index contributed by atoms with van der Waals surface area (Å²) in [6.45, 7) is 6.48. The molecule has 3 nitrogen and oxygen atoms in total. The molecule has 11 heavy (non-hydrogen) atoms. The van der Waals surface area contributed by atoms with Crippen molar-refractivity contribution in [1.82, 2.24) is 9.97 Å². The molecule has 0 aliphatic carbocycles. The van der Waals surface area contributed by atoms with E-state index < -0.39 is 0 Å². The number of rotatable bonds is 2. The molecule has 0 spiro atoms. The Kier molecular flexibility index (Phi) is 2.17. The van der Waals surface area contributed by atoms with Crippen molar-refractivity contribution in [2.24, 2.45) is 5.92 Å². The van der Waals surface area contributed by atoms with Crippen molar-refractivity contribution >= 4 is 5.82 Å². The lowest BCUT2D eigenvalue weighted by molar-refractivity contribution is 0.514. The van der Waals surface area contributed by atoms with Gasteiger partial charge in [-0.15, -0.1) is 0 Å². The van der Waals surface area contributed by atoms with E-state index in [0.717, 1.165) is 5.82 Å². The van der Waals surface area contributed by atoms with E-state index in [-0.39, 0.29) is 0 Å². The summed E-state index contributed by atoms with van der Waals surface area (Å²) in [6, 6.07) is 0. The predicted molar refractivity (Wildman–Crippen MR) is 46.3 cm³/mol. The second-order valence-electron chi connectivity index (χ2n) is 3.26. The average molecular weight is 153 g/mol. The average Bonchev–Trinajstić information content (AvgIpc) is 2.34. The zero-order valence-electron chi connectivity index (χ0n) is 7.26. The summed E-state index contributed by atoms with van der Waals surface area (Å²) in [4.78, 5) is 7.18. The maximum atomic E-state index is 5.50. The number of hydrogen-bond donors (Lipinski definition) is 2. The van der Waals surface area contributed by atoms with E-state index in [9.17, 15) is 0 Å². The van der Waals surface area contributed by atoms with Crippen molar-refractivity contribution in [3.05, 3.63) is 12.0 Å². The number of nitrogens with two attached hydrogens (primary N) is 1. The summed E-state index contributed by atoms with van der Waals surface area (Å²) in [5, 5.41) is 0. The van der Waals surface area contributed by atoms with Crippen LogP contribution in [0.3, 0.4) is 0 Å². The van der Waals surface area contributed by atoms with Gasteiger partial charge in [0.25, 0.3) is 0 Å². The Hall–Kier alpha value is -0.990. The fourth-order valence-electron chi connectivity index (χ4n) is 0.899. The molecule has 1 rings (SSSR count). The molecule has 3 N–H and O–H groups in total. The van der Waals surface area contributed by atoms with Crippen LogP contribution in [0, 0.1) is 5.92 Å². The number of nitrogens with zero attached hydrogens (tertiary/aromatic N) is 1. The number of anilines is 1. The first-order valence-corrected chi connectivity index (χ1v) is 3.91. The first-order chi connectivity index (χ1) is 5.11. The van der Waals surface area contributed by atoms with Crippen molar-refractivity contribution < 1.29 is 0 Å². The summed E-state index contributed by atoms with van der Waals surface area (Å²) in [5.74, 6) is 2.68. The van der Waals surface area contributed by atoms with Gasteiger partial charge in [-0.1, -0.05) is 20.8 Å². The van der Waals surface area contributed by atoms with E-state index in [2.05, 4.69) is 30.7 Å². The molecule has 0 radical (unpaired) electrons. The summed E-state index contributed by atoms with van der Waals surface area (Å²) >= 11 is 0. The minimum absolute atomic E-state index is 0.451. The smallest absolute Gasteiger partial charge is 0.120 e. The Balaban J connectivity index is 2.76. The van der Waals surface area contributed by atoms with Crippen molar-refractivity contribution in [3.8, 4) is 0 Å². The van der Waals surface area contributed by atoms with Crippen LogP contribution in [0.5, 0.6) is 0 Å². The SMILES string of the molecule is CC(C)C(C)c1ncc(N)[nH]1. The maximum absolute atomic E-state index is 5.50. The number of imidazole rings is 1. The number of nitrogens with one attached hydrogen (secondary N) is 1. The van der Waals surface area contributed by atoms with E-state index in [1.54, 1.807) is 6.20 Å². The molecule has 1 atom stereocenters. The minimum Gasteiger partial charge on any atom is -0.384 e. The van der Waals surface area contributed by atoms with E-state index in [0.29, 0.717) is 17.7 Å². The summed E-state index contributed by atoms with van der Waals surface area (Å²) in [5.41, 5.74) is 5.50. The molecular formula is C8H15N3. The van der Waals surface area contributed by atoms with Crippen molar-refractivity contribution in [1.29, 1.82) is 0 Å². The standard InChI is InChI=1S/C8H15N3/c1-5(2)6(3)8-10-4-7(9)11-8/h4-6H,9H2,1-3H3,(H,10,11). The maximum Gasteiger partial charge on any atom is 0.120 e. The number of nitrogen functional groups attached to an aromatic ring is 1. The van der Waals surface area contributed by atoms with Gasteiger partial charge in [0.1, 0.15) is 11.6 Å². The van der Waals surface area contributed by atoms with Gasteiger partial charge in [0.15, 0.2) is 0 Å². The Morgan fingerprint density at radius 3 is 2.45 bits per heavy atom. The second kappa shape index (κ2) is 2.95. The Morgan fingerprint density at radius 1 is 1.45 bits per heavy atom. The normalized spacial score (nSPS) is 13.8. The third-order valence-corrected chi connectivity index (χ3v) is 2.05. The van der Waals surface area contributed by atoms with Crippen LogP contribution in [0.1, 0.15) is 32.5 Å². The summed E-state index contributed by atoms with van der Waals surface area (Å²) in [6.07, 6.45) is 1.66. The van der Waals surface area contributed by atoms with Gasteiger partial charge in [0.2, 0.25) is 0 Å². The highest BCUT2D eigenvalue weighted by atomic mass is 15.0. The van der Waals surface area contributed by atoms with E-state index in [1.165, 1.54) is 0 Å². The fraction of sp³-hybridized carbons (Fsp3) is 0.625. The van der Waals surface area contributed by atoms with Crippen molar-refractivity contribution in [2.45, 2.75) is 26.7 Å². The molecule has 0 bridgehead atoms. The van der Waals surface area contributed by atoms with E-state index >= 15 is 0 Å². The van der Waals surface area contributed by atoms with E-state index in [4.69, 9.17) is 5.73 Å². The number of hydrogen-bond acceptors (Lipinski definition) is 2. The molecule has 3 heteroatoms. The van der Waals surface area contributed by atoms with Crippen LogP contribution in [0.15, 0.2) is 6.20 Å². The van der Waals surface area contributed by atoms with Crippen LogP contribution in [0.2, 0.25) is 0 Å². The molecule has 0 amide bonds. The summed E-state index contributed by atoms with van der Waals surface area (Å²) < 4.78 is 0. The zero-order valence-corrected chi connectivity index (χ0v) is 7.26. The first kappa shape index (κ1) is 8.11. The first-order valence-electron chi connectivity index (χ1n) is 3.91. The highest BCUT2D eigenvalue weighted by Crippen LogP contribution is 2.20. The Labute approximate surface area is 67.0 Å². The number of aromatic nitrogens is 2. The fourth-order valence-corrected chi connectivity index (χ4v) is 0.899. The van der Waals surface area contributed by atoms with E-state index in [1.807, 2.05) is 0 Å². The second-order valence-corrected chi connectivity index (χ2v) is 3.26. The lowest BCUT2D eigenvalue weighted by Gasteiger charge is -2.11. The van der Waals surface area contributed by atoms with Gasteiger partial charge in [-0.3, -0.25) is 0 Å². The lowest BCUT2D eigenvalue weighted by atomic mass is 9.98. The number of H-pyrrole nitrogens is 1. The van der Waals surface area contributed by atoms with Crippen LogP contribution < -0.4 is 5.73 Å². The molecule has 1 aromatic rings. The lowest BCUT2D eigenvalue weighted by Crippen LogP contribution is -2.03. The number of aromatic amines is 1. The molecule has 1 aromatic heterocycles. The zero-order chi connectivity index (χ0) is 8.43. The highest BCUT2D eigenvalue weighted by Gasteiger charge is 2.12. The van der Waals surface area contributed by atoms with Crippen LogP contribution >= 0.6 is 0 Å². The molecule has 0 saturated carbocycles. The molecule has 0 saturated heterocycles. The molecule has 1 unspecified atom stereocenters. The van der Waals surface area contributed by atoms with Crippen LogP contribution in [0.4, 0.5) is 5.82 Å². The van der Waals surface area contributed by atoms with Gasteiger partial charge >= 0.3 is 0 Å². The van der Waals surface area contributed by atoms with Gasteiger partial charge in [-0.05, 0) is 5.92 Å². The van der Waals surface area contributed by atoms with Gasteiger partial charge in [0, 0.05) is 5.92 Å². The van der Waals surface area contributed by atoms with Crippen molar-refractivity contribution in [3.63, 3.8) is 0 Å². The van der Waals surface area contributed by atoms with Gasteiger partial charge in [-0.2, -0.15) is 0 Å². The molecule has 0 aliphatic rings. The molecule has 0 aromatic carbocycles.